The molecule has 3 rings (SSSR count). The molecule has 5 N–H and O–H groups in total. The normalized spacial score (nSPS) is 35.1. The molecule has 0 aromatic carbocycles. The van der Waals surface area contributed by atoms with Crippen LogP contribution in [0.25, 0.3) is 11.2 Å². The number of aromatic nitrogens is 4. The van der Waals surface area contributed by atoms with Crippen LogP contribution in [0.2, 0.25) is 0 Å². The van der Waals surface area contributed by atoms with Gasteiger partial charge in [0.2, 0.25) is 0 Å². The van der Waals surface area contributed by atoms with Gasteiger partial charge in [-0.05, 0) is 0 Å². The van der Waals surface area contributed by atoms with Gasteiger partial charge in [0.25, 0.3) is 0 Å². The van der Waals surface area contributed by atoms with Crippen LogP contribution >= 0.6 is 0 Å². The van der Waals surface area contributed by atoms with E-state index in [9.17, 15) is 15.3 Å². The van der Waals surface area contributed by atoms with Gasteiger partial charge in [-0.2, -0.15) is 0 Å². The highest BCUT2D eigenvalue weighted by molar-refractivity contribution is 5.81. The molecular weight excluding hydrogens is 266 g/mol. The second-order valence-corrected chi connectivity index (χ2v) is 4.54. The molecule has 9 nitrogen and oxygen atoms in total. The minimum absolute atomic E-state index is 0.164. The van der Waals surface area contributed by atoms with Gasteiger partial charge in [0.05, 0.1) is 20.4 Å². The number of fused-ring (bicyclic) bond motifs is 1. The van der Waals surface area contributed by atoms with Gasteiger partial charge in [0, 0.05) is 6.42 Å². The molecular formula is C11H15N5O4. The van der Waals surface area contributed by atoms with E-state index in [-0.39, 0.29) is 17.9 Å². The van der Waals surface area contributed by atoms with Crippen LogP contribution in [-0.4, -0.2) is 59.8 Å². The molecule has 2 aromatic rings. The molecule has 0 aliphatic carbocycles. The summed E-state index contributed by atoms with van der Waals surface area (Å²) < 4.78 is 15.1. The highest BCUT2D eigenvalue weighted by Crippen LogP contribution is 2.30. The quantitative estimate of drug-likeness (QED) is 0.517. The number of aliphatic hydroxyl groups is 3. The fraction of sp³-hybridized carbons (Fsp3) is 0.545. The Morgan fingerprint density at radius 1 is 1.45 bits per heavy atom. The average Bonchev–Trinajstić information content (AvgIpc) is 2.89. The molecule has 20 heavy (non-hydrogen) atoms. The number of nitrogen functional groups attached to an aromatic ring is 1. The maximum atomic E-state index is 9.89. The Kier molecular flexibility index (Phi) is 2.96. The summed E-state index contributed by atoms with van der Waals surface area (Å²) in [5.74, 6) is 0.164. The second-order valence-electron chi connectivity index (χ2n) is 4.54. The average molecular weight is 282 g/mol. The van der Waals surface area contributed by atoms with Crippen LogP contribution in [0.3, 0.4) is 0 Å². The van der Waals surface area contributed by atoms with Gasteiger partial charge in [-0.1, -0.05) is 0 Å². The molecule has 1 fully saturated rings. The third-order valence-corrected chi connectivity index (χ3v) is 3.26. The Morgan fingerprint density at radius 2 is 2.25 bits per heavy atom. The van der Waals surface area contributed by atoms with Crippen molar-refractivity contribution in [3.8, 4) is 0 Å². The van der Waals surface area contributed by atoms with Gasteiger partial charge in [0.1, 0.15) is 30.3 Å². The molecule has 1 aliphatic rings. The summed E-state index contributed by atoms with van der Waals surface area (Å²) in [6.45, 7) is -0.525. The zero-order chi connectivity index (χ0) is 15.2. The van der Waals surface area contributed by atoms with Crippen molar-refractivity contribution in [2.45, 2.75) is 30.9 Å². The van der Waals surface area contributed by atoms with Crippen molar-refractivity contribution >= 4 is 17.0 Å². The highest BCUT2D eigenvalue weighted by Gasteiger charge is 2.37. The van der Waals surface area contributed by atoms with Crippen LogP contribution in [0.15, 0.2) is 12.7 Å². The number of hydrogen-bond acceptors (Lipinski definition) is 8. The fourth-order valence-corrected chi connectivity index (χ4v) is 2.18. The Balaban J connectivity index is 2.06. The van der Waals surface area contributed by atoms with E-state index in [1.807, 2.05) is 0 Å². The summed E-state index contributed by atoms with van der Waals surface area (Å²) >= 11 is 0. The molecule has 0 saturated carbocycles. The summed E-state index contributed by atoms with van der Waals surface area (Å²) in [6, 6.07) is 0. The molecule has 0 amide bonds. The summed E-state index contributed by atoms with van der Waals surface area (Å²) in [5.41, 5.74) is 6.28. The van der Waals surface area contributed by atoms with Crippen LogP contribution < -0.4 is 5.73 Å². The zero-order valence-electron chi connectivity index (χ0n) is 11.4. The predicted molar refractivity (Wildman–Crippen MR) is 67.4 cm³/mol. The standard InChI is InChI=1S/C11H15N5O4/c12-10-8-11(14-3-13-10)16(4-15-8)7-1-5(18)9(19)6(2-17)20-7/h3-7,9,17-19H,1-2H2,(H2,12,13,14)/t5-,6-,7?,9+/m1/s1/i7D. The Morgan fingerprint density at radius 3 is 3.00 bits per heavy atom. The Labute approximate surface area is 115 Å². The van der Waals surface area contributed by atoms with E-state index >= 15 is 0 Å². The van der Waals surface area contributed by atoms with Crippen LogP contribution in [0.1, 0.15) is 14.0 Å². The topological polar surface area (TPSA) is 140 Å². The number of anilines is 1. The van der Waals surface area contributed by atoms with Crippen molar-refractivity contribution in [1.82, 2.24) is 19.5 Å². The van der Waals surface area contributed by atoms with E-state index in [4.69, 9.17) is 11.8 Å². The largest absolute Gasteiger partial charge is 0.394 e. The summed E-state index contributed by atoms with van der Waals surface area (Å²) in [7, 11) is 0. The first kappa shape index (κ1) is 12.0. The molecule has 0 radical (unpaired) electrons. The number of imidazole rings is 1. The van der Waals surface area contributed by atoms with Crippen LogP contribution in [-0.2, 0) is 4.74 Å². The van der Waals surface area contributed by atoms with E-state index in [1.165, 1.54) is 17.2 Å². The molecule has 1 aliphatic heterocycles. The monoisotopic (exact) mass is 282 g/mol. The van der Waals surface area contributed by atoms with Crippen LogP contribution in [0.4, 0.5) is 5.82 Å². The van der Waals surface area contributed by atoms with E-state index in [1.54, 1.807) is 0 Å². The van der Waals surface area contributed by atoms with Gasteiger partial charge in [0.15, 0.2) is 11.5 Å². The number of aliphatic hydroxyl groups excluding tert-OH is 3. The van der Waals surface area contributed by atoms with E-state index < -0.39 is 31.1 Å². The number of rotatable bonds is 2. The summed E-state index contributed by atoms with van der Waals surface area (Å²) in [4.78, 5) is 11.9. The number of hydrogen-bond donors (Lipinski definition) is 4. The third kappa shape index (κ3) is 2.00. The molecule has 2 aromatic heterocycles. The van der Waals surface area contributed by atoms with Crippen molar-refractivity contribution < 1.29 is 21.4 Å². The van der Waals surface area contributed by atoms with Gasteiger partial charge >= 0.3 is 0 Å². The zero-order valence-corrected chi connectivity index (χ0v) is 10.4. The molecule has 1 saturated heterocycles. The fourth-order valence-electron chi connectivity index (χ4n) is 2.18. The molecule has 1 unspecified atom stereocenters. The minimum Gasteiger partial charge on any atom is -0.394 e. The lowest BCUT2D eigenvalue weighted by Crippen LogP contribution is -2.48. The van der Waals surface area contributed by atoms with Crippen LogP contribution in [0, 0.1) is 0 Å². The number of nitrogens with zero attached hydrogens (tertiary/aromatic N) is 4. The molecule has 0 spiro atoms. The molecule has 3 heterocycles. The molecule has 0 bridgehead atoms. The molecule has 4 atom stereocenters. The third-order valence-electron chi connectivity index (χ3n) is 3.26. The van der Waals surface area contributed by atoms with Crippen LogP contribution in [0.5, 0.6) is 0 Å². The maximum absolute atomic E-state index is 9.89. The van der Waals surface area contributed by atoms with Gasteiger partial charge in [-0.3, -0.25) is 4.57 Å². The van der Waals surface area contributed by atoms with Crippen molar-refractivity contribution in [2.75, 3.05) is 12.3 Å². The Bertz CT molecular complexity index is 667. The highest BCUT2D eigenvalue weighted by atomic mass is 16.5. The van der Waals surface area contributed by atoms with E-state index in [2.05, 4.69) is 15.0 Å². The molecule has 108 valence electrons. The first-order valence-corrected chi connectivity index (χ1v) is 6.05. The SMILES string of the molecule is [2H]C1(n2cnc3c(N)ncnc32)C[C@@H](O)[C@H](O)[C@@H](CO)O1. The second kappa shape index (κ2) is 4.94. The smallest absolute Gasteiger partial charge is 0.167 e. The van der Waals surface area contributed by atoms with Crippen molar-refractivity contribution in [3.63, 3.8) is 0 Å². The van der Waals surface area contributed by atoms with Gasteiger partial charge < -0.3 is 25.8 Å². The van der Waals surface area contributed by atoms with Crippen molar-refractivity contribution in [3.05, 3.63) is 12.7 Å². The van der Waals surface area contributed by atoms with Gasteiger partial charge in [-0.25, -0.2) is 15.0 Å². The number of nitrogens with two attached hydrogens (primary N) is 1. The lowest BCUT2D eigenvalue weighted by molar-refractivity contribution is -0.200. The predicted octanol–water partition coefficient (Wildman–Crippen LogP) is -1.59. The maximum Gasteiger partial charge on any atom is 0.167 e. The van der Waals surface area contributed by atoms with E-state index in [0.29, 0.717) is 5.52 Å². The lowest BCUT2D eigenvalue weighted by atomic mass is 10.0. The van der Waals surface area contributed by atoms with Crippen molar-refractivity contribution in [2.24, 2.45) is 0 Å². The first-order valence-electron chi connectivity index (χ1n) is 6.55. The Hall–Kier alpha value is -1.81. The van der Waals surface area contributed by atoms with Crippen molar-refractivity contribution in [1.29, 1.82) is 0 Å². The number of ether oxygens (including phenoxy) is 1. The van der Waals surface area contributed by atoms with E-state index in [0.717, 1.165) is 0 Å². The summed E-state index contributed by atoms with van der Waals surface area (Å²) in [6.07, 6.45) is -2.99. The minimum atomic E-state index is -1.76. The molecule has 9 heteroatoms. The summed E-state index contributed by atoms with van der Waals surface area (Å²) in [5, 5.41) is 28.8. The first-order chi connectivity index (χ1) is 9.96. The van der Waals surface area contributed by atoms with Gasteiger partial charge in [-0.15, -0.1) is 0 Å². The lowest BCUT2D eigenvalue weighted by Gasteiger charge is -2.36.